The molecule has 0 spiro atoms. The Balaban J connectivity index is 1.98. The van der Waals surface area contributed by atoms with Gasteiger partial charge in [-0.05, 0) is 42.7 Å². The van der Waals surface area contributed by atoms with E-state index in [4.69, 9.17) is 11.6 Å². The molecule has 0 radical (unpaired) electrons. The maximum Gasteiger partial charge on any atom is 0.229 e. The molecule has 134 valence electrons. The third kappa shape index (κ3) is 6.40. The summed E-state index contributed by atoms with van der Waals surface area (Å²) in [6.07, 6.45) is 2.05. The lowest BCUT2D eigenvalue weighted by atomic mass is 10.1. The number of hydrogen-bond acceptors (Lipinski definition) is 3. The van der Waals surface area contributed by atoms with Crippen LogP contribution in [0.15, 0.2) is 48.5 Å². The predicted molar refractivity (Wildman–Crippen MR) is 101 cm³/mol. The first-order chi connectivity index (χ1) is 11.7. The van der Waals surface area contributed by atoms with Gasteiger partial charge < -0.3 is 5.32 Å². The summed E-state index contributed by atoms with van der Waals surface area (Å²) in [4.78, 5) is 12.2. The number of hydrogen-bond donors (Lipinski definition) is 2. The van der Waals surface area contributed by atoms with Gasteiger partial charge in [0, 0.05) is 11.4 Å². The van der Waals surface area contributed by atoms with E-state index in [0.717, 1.165) is 11.8 Å². The van der Waals surface area contributed by atoms with E-state index in [-0.39, 0.29) is 11.9 Å². The van der Waals surface area contributed by atoms with Crippen molar-refractivity contribution in [1.82, 2.24) is 5.32 Å². The van der Waals surface area contributed by atoms with Crippen LogP contribution in [0, 0.1) is 0 Å². The monoisotopic (exact) mass is 380 g/mol. The fourth-order valence-corrected chi connectivity index (χ4v) is 3.18. The third-order valence-electron chi connectivity index (χ3n) is 3.65. The smallest absolute Gasteiger partial charge is 0.229 e. The maximum atomic E-state index is 12.2. The lowest BCUT2D eigenvalue weighted by Gasteiger charge is -2.18. The standard InChI is InChI=1S/C18H21ClN2O3S/c1-13(16-5-3-4-6-17(16)21-25(2,23)24)20-18(22)12-9-14-7-10-15(19)11-8-14/h3-8,10-11,13,21H,9,12H2,1-2H3,(H,20,22). The predicted octanol–water partition coefficient (Wildman–Crippen LogP) is 3.52. The SMILES string of the molecule is CC(NC(=O)CCc1ccc(Cl)cc1)c1ccccc1NS(C)(=O)=O. The maximum absolute atomic E-state index is 12.2. The van der Waals surface area contributed by atoms with Gasteiger partial charge in [-0.25, -0.2) is 8.42 Å². The molecule has 0 heterocycles. The zero-order valence-electron chi connectivity index (χ0n) is 14.1. The van der Waals surface area contributed by atoms with Gasteiger partial charge in [0.05, 0.1) is 18.0 Å². The summed E-state index contributed by atoms with van der Waals surface area (Å²) < 4.78 is 25.4. The number of rotatable bonds is 7. The van der Waals surface area contributed by atoms with Crippen molar-refractivity contribution in [2.24, 2.45) is 0 Å². The minimum absolute atomic E-state index is 0.100. The first-order valence-electron chi connectivity index (χ1n) is 7.85. The summed E-state index contributed by atoms with van der Waals surface area (Å²) in [5.41, 5.74) is 2.22. The molecular formula is C18H21ClN2O3S. The molecule has 2 aromatic rings. The van der Waals surface area contributed by atoms with Crippen molar-refractivity contribution in [3.8, 4) is 0 Å². The van der Waals surface area contributed by atoms with Crippen LogP contribution in [0.3, 0.4) is 0 Å². The van der Waals surface area contributed by atoms with Gasteiger partial charge in [-0.1, -0.05) is 41.9 Å². The Kier molecular flexibility index (Phi) is 6.45. The number of benzene rings is 2. The van der Waals surface area contributed by atoms with Crippen molar-refractivity contribution >= 4 is 33.2 Å². The molecule has 0 fully saturated rings. The molecule has 2 aromatic carbocycles. The van der Waals surface area contributed by atoms with Gasteiger partial charge in [0.1, 0.15) is 0 Å². The zero-order chi connectivity index (χ0) is 18.4. The van der Waals surface area contributed by atoms with Crippen LogP contribution in [0.5, 0.6) is 0 Å². The second-order valence-electron chi connectivity index (χ2n) is 5.88. The van der Waals surface area contributed by atoms with Crippen molar-refractivity contribution in [2.45, 2.75) is 25.8 Å². The number of anilines is 1. The minimum atomic E-state index is -3.38. The van der Waals surface area contributed by atoms with Gasteiger partial charge in [0.15, 0.2) is 0 Å². The Labute approximate surface area is 153 Å². The van der Waals surface area contributed by atoms with Gasteiger partial charge in [0.25, 0.3) is 0 Å². The Morgan fingerprint density at radius 3 is 2.40 bits per heavy atom. The Morgan fingerprint density at radius 2 is 1.76 bits per heavy atom. The first-order valence-corrected chi connectivity index (χ1v) is 10.1. The Hall–Kier alpha value is -2.05. The molecule has 1 atom stereocenters. The highest BCUT2D eigenvalue weighted by Crippen LogP contribution is 2.23. The lowest BCUT2D eigenvalue weighted by Crippen LogP contribution is -2.27. The van der Waals surface area contributed by atoms with Gasteiger partial charge >= 0.3 is 0 Å². The molecule has 0 saturated carbocycles. The Morgan fingerprint density at radius 1 is 1.12 bits per heavy atom. The van der Waals surface area contributed by atoms with Gasteiger partial charge in [-0.2, -0.15) is 0 Å². The number of carbonyl (C=O) groups excluding carboxylic acids is 1. The van der Waals surface area contributed by atoms with Gasteiger partial charge in [0.2, 0.25) is 15.9 Å². The quantitative estimate of drug-likeness (QED) is 0.771. The van der Waals surface area contributed by atoms with Crippen molar-refractivity contribution in [3.63, 3.8) is 0 Å². The van der Waals surface area contributed by atoms with E-state index < -0.39 is 10.0 Å². The topological polar surface area (TPSA) is 75.3 Å². The van der Waals surface area contributed by atoms with E-state index in [1.165, 1.54) is 0 Å². The normalized spacial score (nSPS) is 12.4. The Bertz CT molecular complexity index is 836. The van der Waals surface area contributed by atoms with Crippen LogP contribution in [0.1, 0.15) is 30.5 Å². The van der Waals surface area contributed by atoms with Crippen LogP contribution in [0.4, 0.5) is 5.69 Å². The summed E-state index contributed by atoms with van der Waals surface area (Å²) in [5.74, 6) is -0.100. The number of nitrogens with one attached hydrogen (secondary N) is 2. The summed E-state index contributed by atoms with van der Waals surface area (Å²) in [6.45, 7) is 1.82. The lowest BCUT2D eigenvalue weighted by molar-refractivity contribution is -0.121. The van der Waals surface area contributed by atoms with E-state index in [1.807, 2.05) is 19.1 Å². The fraction of sp³-hybridized carbons (Fsp3) is 0.278. The summed E-state index contributed by atoms with van der Waals surface area (Å²) in [6, 6.07) is 14.1. The molecule has 0 aliphatic carbocycles. The molecule has 0 saturated heterocycles. The van der Waals surface area contributed by atoms with E-state index in [0.29, 0.717) is 29.1 Å². The highest BCUT2D eigenvalue weighted by molar-refractivity contribution is 7.92. The summed E-state index contributed by atoms with van der Waals surface area (Å²) >= 11 is 5.84. The second-order valence-corrected chi connectivity index (χ2v) is 8.06. The average molecular weight is 381 g/mol. The molecule has 25 heavy (non-hydrogen) atoms. The molecule has 0 bridgehead atoms. The number of sulfonamides is 1. The minimum Gasteiger partial charge on any atom is -0.349 e. The van der Waals surface area contributed by atoms with E-state index in [9.17, 15) is 13.2 Å². The first kappa shape index (κ1) is 19.3. The average Bonchev–Trinajstić information content (AvgIpc) is 2.53. The van der Waals surface area contributed by atoms with Crippen molar-refractivity contribution in [2.75, 3.05) is 11.0 Å². The third-order valence-corrected chi connectivity index (χ3v) is 4.50. The summed E-state index contributed by atoms with van der Waals surface area (Å²) in [7, 11) is -3.38. The highest BCUT2D eigenvalue weighted by atomic mass is 35.5. The molecule has 7 heteroatoms. The molecule has 1 unspecified atom stereocenters. The number of amides is 1. The van der Waals surface area contributed by atoms with Crippen molar-refractivity contribution in [3.05, 3.63) is 64.7 Å². The molecular weight excluding hydrogens is 360 g/mol. The zero-order valence-corrected chi connectivity index (χ0v) is 15.7. The van der Waals surface area contributed by atoms with Gasteiger partial charge in [-0.3, -0.25) is 9.52 Å². The number of para-hydroxylation sites is 1. The van der Waals surface area contributed by atoms with Gasteiger partial charge in [-0.15, -0.1) is 0 Å². The second kappa shape index (κ2) is 8.36. The highest BCUT2D eigenvalue weighted by Gasteiger charge is 2.15. The molecule has 2 rings (SSSR count). The molecule has 0 aliphatic heterocycles. The number of halogens is 1. The molecule has 0 aromatic heterocycles. The molecule has 0 aliphatic rings. The van der Waals surface area contributed by atoms with Crippen LogP contribution in [-0.2, 0) is 21.2 Å². The van der Waals surface area contributed by atoms with Crippen LogP contribution in [-0.4, -0.2) is 20.6 Å². The van der Waals surface area contributed by atoms with Crippen LogP contribution in [0.2, 0.25) is 5.02 Å². The fourth-order valence-electron chi connectivity index (χ4n) is 2.47. The molecule has 5 nitrogen and oxygen atoms in total. The van der Waals surface area contributed by atoms with E-state index in [1.54, 1.807) is 36.4 Å². The number of carbonyl (C=O) groups is 1. The largest absolute Gasteiger partial charge is 0.349 e. The molecule has 2 N–H and O–H groups in total. The van der Waals surface area contributed by atoms with Crippen LogP contribution >= 0.6 is 11.6 Å². The summed E-state index contributed by atoms with van der Waals surface area (Å²) in [5, 5.41) is 3.57. The van der Waals surface area contributed by atoms with E-state index >= 15 is 0 Å². The van der Waals surface area contributed by atoms with Crippen molar-refractivity contribution < 1.29 is 13.2 Å². The van der Waals surface area contributed by atoms with Crippen LogP contribution < -0.4 is 10.0 Å². The number of aryl methyl sites for hydroxylation is 1. The van der Waals surface area contributed by atoms with Crippen molar-refractivity contribution in [1.29, 1.82) is 0 Å². The molecule has 1 amide bonds. The van der Waals surface area contributed by atoms with Crippen LogP contribution in [0.25, 0.3) is 0 Å². The van der Waals surface area contributed by atoms with E-state index in [2.05, 4.69) is 10.0 Å².